The van der Waals surface area contributed by atoms with Crippen LogP contribution in [-0.2, 0) is 0 Å². The Morgan fingerprint density at radius 1 is 0.696 bits per heavy atom. The van der Waals surface area contributed by atoms with Gasteiger partial charge in [-0.25, -0.2) is 4.99 Å². The molecule has 1 N–H and O–H groups in total. The maximum Gasteiger partial charge on any atom is 0.138 e. The van der Waals surface area contributed by atoms with E-state index >= 15 is 0 Å². The minimum atomic E-state index is 0.847. The number of rotatable bonds is 3. The first-order chi connectivity index (χ1) is 11.2. The van der Waals surface area contributed by atoms with E-state index in [2.05, 4.69) is 55.6 Å². The number of amidine groups is 1. The number of anilines is 1. The largest absolute Gasteiger partial charge is 0.340 e. The summed E-state index contributed by atoms with van der Waals surface area (Å²) in [5.74, 6) is 0.847. The second-order valence-corrected chi connectivity index (χ2v) is 5.65. The summed E-state index contributed by atoms with van der Waals surface area (Å²) in [5.41, 5.74) is 5.51. The predicted molar refractivity (Wildman–Crippen MR) is 98.6 cm³/mol. The van der Waals surface area contributed by atoms with Crippen molar-refractivity contribution in [3.63, 3.8) is 0 Å². The smallest absolute Gasteiger partial charge is 0.138 e. The average molecular weight is 300 g/mol. The van der Waals surface area contributed by atoms with Crippen molar-refractivity contribution in [3.8, 4) is 0 Å². The average Bonchev–Trinajstić information content (AvgIpc) is 2.58. The maximum absolute atomic E-state index is 4.80. The Morgan fingerprint density at radius 3 is 1.87 bits per heavy atom. The van der Waals surface area contributed by atoms with Crippen LogP contribution < -0.4 is 5.32 Å². The van der Waals surface area contributed by atoms with Crippen molar-refractivity contribution in [1.29, 1.82) is 0 Å². The predicted octanol–water partition coefficient (Wildman–Crippen LogP) is 5.49. The van der Waals surface area contributed by atoms with Crippen LogP contribution in [0.15, 0.2) is 83.9 Å². The molecule has 0 aliphatic rings. The fourth-order valence-corrected chi connectivity index (χ4v) is 2.28. The molecule has 0 atom stereocenters. The van der Waals surface area contributed by atoms with E-state index in [0.717, 1.165) is 22.8 Å². The summed E-state index contributed by atoms with van der Waals surface area (Å²) >= 11 is 0. The van der Waals surface area contributed by atoms with E-state index in [0.29, 0.717) is 0 Å². The van der Waals surface area contributed by atoms with Crippen molar-refractivity contribution in [3.05, 3.63) is 95.6 Å². The van der Waals surface area contributed by atoms with Crippen molar-refractivity contribution in [1.82, 2.24) is 0 Å². The minimum absolute atomic E-state index is 0.847. The van der Waals surface area contributed by atoms with Crippen LogP contribution in [0.2, 0.25) is 0 Å². The van der Waals surface area contributed by atoms with Gasteiger partial charge >= 0.3 is 0 Å². The minimum Gasteiger partial charge on any atom is -0.340 e. The Kier molecular flexibility index (Phi) is 4.53. The third kappa shape index (κ3) is 4.07. The number of para-hydroxylation sites is 1. The summed E-state index contributed by atoms with van der Waals surface area (Å²) in [4.78, 5) is 4.80. The highest BCUT2D eigenvalue weighted by atomic mass is 15.0. The molecular formula is C21H20N2. The Bertz CT molecular complexity index is 786. The van der Waals surface area contributed by atoms with Gasteiger partial charge in [-0.05, 0) is 38.1 Å². The van der Waals surface area contributed by atoms with Crippen molar-refractivity contribution in [2.24, 2.45) is 4.99 Å². The molecule has 0 aromatic heterocycles. The van der Waals surface area contributed by atoms with Crippen molar-refractivity contribution < 1.29 is 0 Å². The zero-order valence-electron chi connectivity index (χ0n) is 13.5. The molecule has 0 spiro atoms. The summed E-state index contributed by atoms with van der Waals surface area (Å²) < 4.78 is 0. The number of aliphatic imine (C=N–C) groups is 1. The SMILES string of the molecule is Cc1ccc(N=C(Nc2ccccc2)c2ccc(C)cc2)cc1. The van der Waals surface area contributed by atoms with Gasteiger partial charge < -0.3 is 5.32 Å². The molecule has 3 rings (SSSR count). The maximum atomic E-state index is 4.80. The van der Waals surface area contributed by atoms with Crippen molar-refractivity contribution in [2.75, 3.05) is 5.32 Å². The van der Waals surface area contributed by atoms with Crippen molar-refractivity contribution in [2.45, 2.75) is 13.8 Å². The van der Waals surface area contributed by atoms with E-state index in [1.54, 1.807) is 0 Å². The first-order valence-electron chi connectivity index (χ1n) is 7.75. The van der Waals surface area contributed by atoms with Crippen LogP contribution in [0.4, 0.5) is 11.4 Å². The Morgan fingerprint density at radius 2 is 1.26 bits per heavy atom. The second kappa shape index (κ2) is 6.93. The van der Waals surface area contributed by atoms with Crippen LogP contribution in [0.3, 0.4) is 0 Å². The molecule has 0 aliphatic carbocycles. The molecule has 0 heterocycles. The van der Waals surface area contributed by atoms with Crippen molar-refractivity contribution >= 4 is 17.2 Å². The van der Waals surface area contributed by atoms with Gasteiger partial charge in [0, 0.05) is 11.3 Å². The number of benzene rings is 3. The van der Waals surface area contributed by atoms with Crippen LogP contribution in [0, 0.1) is 13.8 Å². The van der Waals surface area contributed by atoms with Crippen LogP contribution in [-0.4, -0.2) is 5.84 Å². The molecule has 3 aromatic carbocycles. The van der Waals surface area contributed by atoms with Gasteiger partial charge in [0.1, 0.15) is 5.84 Å². The molecule has 0 amide bonds. The molecule has 23 heavy (non-hydrogen) atoms. The highest BCUT2D eigenvalue weighted by Crippen LogP contribution is 2.17. The standard InChI is InChI=1S/C21H20N2/c1-16-8-12-18(13-9-16)21(22-19-6-4-3-5-7-19)23-20-14-10-17(2)11-15-20/h3-15H,1-2H3,(H,22,23). The van der Waals surface area contributed by atoms with Gasteiger partial charge in [0.25, 0.3) is 0 Å². The second-order valence-electron chi connectivity index (χ2n) is 5.65. The molecular weight excluding hydrogens is 280 g/mol. The van der Waals surface area contributed by atoms with Gasteiger partial charge in [0.05, 0.1) is 5.69 Å². The zero-order valence-corrected chi connectivity index (χ0v) is 13.5. The number of nitrogens with one attached hydrogen (secondary N) is 1. The highest BCUT2D eigenvalue weighted by Gasteiger charge is 2.05. The van der Waals surface area contributed by atoms with Gasteiger partial charge in [0.15, 0.2) is 0 Å². The Balaban J connectivity index is 1.98. The molecule has 0 unspecified atom stereocenters. The van der Waals surface area contributed by atoms with E-state index in [-0.39, 0.29) is 0 Å². The Labute approximate surface area is 137 Å². The summed E-state index contributed by atoms with van der Waals surface area (Å²) in [6.45, 7) is 4.17. The van der Waals surface area contributed by atoms with Crippen LogP contribution >= 0.6 is 0 Å². The first kappa shape index (κ1) is 15.0. The molecule has 0 fully saturated rings. The topological polar surface area (TPSA) is 24.4 Å². The zero-order chi connectivity index (χ0) is 16.1. The highest BCUT2D eigenvalue weighted by molar-refractivity contribution is 6.09. The third-order valence-corrected chi connectivity index (χ3v) is 3.64. The number of hydrogen-bond acceptors (Lipinski definition) is 1. The van der Waals surface area contributed by atoms with Gasteiger partial charge in [-0.3, -0.25) is 0 Å². The first-order valence-corrected chi connectivity index (χ1v) is 7.75. The molecule has 0 bridgehead atoms. The normalized spacial score (nSPS) is 11.3. The van der Waals surface area contributed by atoms with E-state index in [9.17, 15) is 0 Å². The number of aryl methyl sites for hydroxylation is 2. The third-order valence-electron chi connectivity index (χ3n) is 3.64. The fourth-order valence-electron chi connectivity index (χ4n) is 2.28. The summed E-state index contributed by atoms with van der Waals surface area (Å²) in [7, 11) is 0. The lowest BCUT2D eigenvalue weighted by Crippen LogP contribution is -2.13. The van der Waals surface area contributed by atoms with Gasteiger partial charge in [-0.1, -0.05) is 65.7 Å². The van der Waals surface area contributed by atoms with Gasteiger partial charge in [0.2, 0.25) is 0 Å². The molecule has 0 saturated carbocycles. The fraction of sp³-hybridized carbons (Fsp3) is 0.0952. The molecule has 0 aliphatic heterocycles. The lowest BCUT2D eigenvalue weighted by molar-refractivity contribution is 1.41. The van der Waals surface area contributed by atoms with E-state index in [1.807, 2.05) is 42.5 Å². The molecule has 2 heteroatoms. The van der Waals surface area contributed by atoms with Crippen LogP contribution in [0.1, 0.15) is 16.7 Å². The molecule has 114 valence electrons. The van der Waals surface area contributed by atoms with Crippen LogP contribution in [0.25, 0.3) is 0 Å². The molecule has 0 radical (unpaired) electrons. The quantitative estimate of drug-likeness (QED) is 0.501. The summed E-state index contributed by atoms with van der Waals surface area (Å²) in [6.07, 6.45) is 0. The lowest BCUT2D eigenvalue weighted by Gasteiger charge is -2.11. The Hall–Kier alpha value is -2.87. The van der Waals surface area contributed by atoms with E-state index in [4.69, 9.17) is 4.99 Å². The lowest BCUT2D eigenvalue weighted by atomic mass is 10.1. The summed E-state index contributed by atoms with van der Waals surface area (Å²) in [6, 6.07) is 26.7. The number of hydrogen-bond donors (Lipinski definition) is 1. The number of nitrogens with zero attached hydrogens (tertiary/aromatic N) is 1. The van der Waals surface area contributed by atoms with Gasteiger partial charge in [-0.15, -0.1) is 0 Å². The van der Waals surface area contributed by atoms with Crippen LogP contribution in [0.5, 0.6) is 0 Å². The molecule has 2 nitrogen and oxygen atoms in total. The van der Waals surface area contributed by atoms with E-state index in [1.165, 1.54) is 11.1 Å². The monoisotopic (exact) mass is 300 g/mol. The molecule has 3 aromatic rings. The van der Waals surface area contributed by atoms with Gasteiger partial charge in [-0.2, -0.15) is 0 Å². The molecule has 0 saturated heterocycles. The van der Waals surface area contributed by atoms with E-state index < -0.39 is 0 Å². The summed E-state index contributed by atoms with van der Waals surface area (Å²) in [5, 5.41) is 3.43.